The van der Waals surface area contributed by atoms with Crippen LogP contribution < -0.4 is 0 Å². The van der Waals surface area contributed by atoms with Crippen molar-refractivity contribution in [2.24, 2.45) is 0 Å². The molecular formula is C16H22ClNO2. The molecule has 2 saturated heterocycles. The summed E-state index contributed by atoms with van der Waals surface area (Å²) in [5.74, 6) is 0. The van der Waals surface area contributed by atoms with Gasteiger partial charge in [-0.2, -0.15) is 0 Å². The fourth-order valence-corrected chi connectivity index (χ4v) is 3.45. The number of aliphatic hydroxyl groups is 1. The lowest BCUT2D eigenvalue weighted by atomic mass is 9.84. The average Bonchev–Trinajstić information content (AvgIpc) is 2.49. The van der Waals surface area contributed by atoms with Crippen LogP contribution in [-0.2, 0) is 10.3 Å². The van der Waals surface area contributed by atoms with Gasteiger partial charge in [0, 0.05) is 30.8 Å². The SMILES string of the molecule is OC1(c2ccc(Cl)cc2)CCN([C@H]2CCCOC2)CC1. The molecule has 1 aromatic carbocycles. The monoisotopic (exact) mass is 295 g/mol. The Balaban J connectivity index is 1.63. The lowest BCUT2D eigenvalue weighted by molar-refractivity contribution is -0.0569. The van der Waals surface area contributed by atoms with Crippen LogP contribution in [0.1, 0.15) is 31.2 Å². The van der Waals surface area contributed by atoms with Crippen molar-refractivity contribution in [3.8, 4) is 0 Å². The Morgan fingerprint density at radius 1 is 1.20 bits per heavy atom. The van der Waals surface area contributed by atoms with Gasteiger partial charge in [-0.05, 0) is 43.4 Å². The highest BCUT2D eigenvalue weighted by Crippen LogP contribution is 2.34. The molecule has 1 aromatic rings. The number of piperidine rings is 1. The first kappa shape index (κ1) is 14.3. The van der Waals surface area contributed by atoms with E-state index in [1.54, 1.807) is 0 Å². The fourth-order valence-electron chi connectivity index (χ4n) is 3.32. The van der Waals surface area contributed by atoms with Crippen molar-refractivity contribution < 1.29 is 9.84 Å². The number of likely N-dealkylation sites (tertiary alicyclic amines) is 1. The normalized spacial score (nSPS) is 27.4. The predicted molar refractivity (Wildman–Crippen MR) is 80.0 cm³/mol. The van der Waals surface area contributed by atoms with Crippen LogP contribution in [0.3, 0.4) is 0 Å². The van der Waals surface area contributed by atoms with E-state index in [9.17, 15) is 5.11 Å². The maximum absolute atomic E-state index is 10.8. The summed E-state index contributed by atoms with van der Waals surface area (Å²) in [7, 11) is 0. The molecule has 0 bridgehead atoms. The number of benzene rings is 1. The molecule has 0 saturated carbocycles. The van der Waals surface area contributed by atoms with Gasteiger partial charge in [-0.15, -0.1) is 0 Å². The molecule has 0 unspecified atom stereocenters. The summed E-state index contributed by atoms with van der Waals surface area (Å²) < 4.78 is 5.57. The molecule has 110 valence electrons. The minimum Gasteiger partial charge on any atom is -0.385 e. The second kappa shape index (κ2) is 6.02. The third kappa shape index (κ3) is 3.01. The molecule has 0 spiro atoms. The van der Waals surface area contributed by atoms with Crippen molar-refractivity contribution in [1.29, 1.82) is 0 Å². The molecule has 0 amide bonds. The molecule has 2 heterocycles. The summed E-state index contributed by atoms with van der Waals surface area (Å²) in [6.45, 7) is 3.62. The summed E-state index contributed by atoms with van der Waals surface area (Å²) in [5, 5.41) is 11.6. The van der Waals surface area contributed by atoms with Crippen LogP contribution in [0.4, 0.5) is 0 Å². The highest BCUT2D eigenvalue weighted by Gasteiger charge is 2.36. The van der Waals surface area contributed by atoms with Gasteiger partial charge in [0.2, 0.25) is 0 Å². The summed E-state index contributed by atoms with van der Waals surface area (Å²) >= 11 is 5.92. The van der Waals surface area contributed by atoms with Crippen molar-refractivity contribution in [2.75, 3.05) is 26.3 Å². The first-order valence-electron chi connectivity index (χ1n) is 7.48. The summed E-state index contributed by atoms with van der Waals surface area (Å²) in [6.07, 6.45) is 3.94. The van der Waals surface area contributed by atoms with E-state index in [1.807, 2.05) is 24.3 Å². The van der Waals surface area contributed by atoms with Crippen LogP contribution in [0.25, 0.3) is 0 Å². The third-order valence-electron chi connectivity index (χ3n) is 4.66. The van der Waals surface area contributed by atoms with Crippen molar-refractivity contribution in [3.63, 3.8) is 0 Å². The zero-order valence-electron chi connectivity index (χ0n) is 11.7. The second-order valence-electron chi connectivity index (χ2n) is 5.95. The Morgan fingerprint density at radius 2 is 1.90 bits per heavy atom. The zero-order chi connectivity index (χ0) is 14.0. The van der Waals surface area contributed by atoms with Crippen LogP contribution in [-0.4, -0.2) is 42.4 Å². The maximum atomic E-state index is 10.8. The minimum atomic E-state index is -0.698. The predicted octanol–water partition coefficient (Wildman–Crippen LogP) is 2.80. The number of ether oxygens (including phenoxy) is 1. The van der Waals surface area contributed by atoms with Crippen LogP contribution >= 0.6 is 11.6 Å². The Kier molecular flexibility index (Phi) is 4.32. The molecule has 2 aliphatic rings. The first-order valence-corrected chi connectivity index (χ1v) is 7.85. The lowest BCUT2D eigenvalue weighted by Gasteiger charge is -2.43. The number of hydrogen-bond acceptors (Lipinski definition) is 3. The van der Waals surface area contributed by atoms with E-state index in [-0.39, 0.29) is 0 Å². The molecule has 4 heteroatoms. The first-order chi connectivity index (χ1) is 9.67. The summed E-state index contributed by atoms with van der Waals surface area (Å²) in [5.41, 5.74) is 0.290. The van der Waals surface area contributed by atoms with Gasteiger partial charge in [-0.1, -0.05) is 23.7 Å². The lowest BCUT2D eigenvalue weighted by Crippen LogP contribution is -2.49. The summed E-state index contributed by atoms with van der Waals surface area (Å²) in [4.78, 5) is 2.48. The van der Waals surface area contributed by atoms with Gasteiger partial charge in [-0.3, -0.25) is 4.90 Å². The Hall–Kier alpha value is -0.610. The molecule has 20 heavy (non-hydrogen) atoms. The van der Waals surface area contributed by atoms with E-state index < -0.39 is 5.60 Å². The van der Waals surface area contributed by atoms with E-state index in [2.05, 4.69) is 4.90 Å². The highest BCUT2D eigenvalue weighted by molar-refractivity contribution is 6.30. The Labute approximate surface area is 125 Å². The van der Waals surface area contributed by atoms with Crippen molar-refractivity contribution in [2.45, 2.75) is 37.3 Å². The Morgan fingerprint density at radius 3 is 2.50 bits per heavy atom. The second-order valence-corrected chi connectivity index (χ2v) is 6.38. The van der Waals surface area contributed by atoms with Crippen LogP contribution in [0, 0.1) is 0 Å². The number of halogens is 1. The molecule has 1 N–H and O–H groups in total. The number of hydrogen-bond donors (Lipinski definition) is 1. The number of rotatable bonds is 2. The van der Waals surface area contributed by atoms with Gasteiger partial charge in [0.25, 0.3) is 0 Å². The maximum Gasteiger partial charge on any atom is 0.0920 e. The fraction of sp³-hybridized carbons (Fsp3) is 0.625. The molecule has 2 fully saturated rings. The average molecular weight is 296 g/mol. The highest BCUT2D eigenvalue weighted by atomic mass is 35.5. The molecule has 0 radical (unpaired) electrons. The smallest absolute Gasteiger partial charge is 0.0920 e. The molecule has 1 atom stereocenters. The number of nitrogens with zero attached hydrogens (tertiary/aromatic N) is 1. The quantitative estimate of drug-likeness (QED) is 0.911. The van der Waals surface area contributed by atoms with Gasteiger partial charge >= 0.3 is 0 Å². The molecule has 0 aromatic heterocycles. The van der Waals surface area contributed by atoms with E-state index in [4.69, 9.17) is 16.3 Å². The van der Waals surface area contributed by atoms with Crippen LogP contribution in [0.2, 0.25) is 5.02 Å². The van der Waals surface area contributed by atoms with Crippen molar-refractivity contribution in [3.05, 3.63) is 34.9 Å². The molecule has 3 rings (SSSR count). The topological polar surface area (TPSA) is 32.7 Å². The van der Waals surface area contributed by atoms with Gasteiger partial charge in [0.15, 0.2) is 0 Å². The van der Waals surface area contributed by atoms with E-state index in [0.717, 1.165) is 51.1 Å². The third-order valence-corrected chi connectivity index (χ3v) is 4.91. The molecule has 2 aliphatic heterocycles. The van der Waals surface area contributed by atoms with Gasteiger partial charge in [0.1, 0.15) is 0 Å². The molecule has 0 aliphatic carbocycles. The minimum absolute atomic E-state index is 0.540. The van der Waals surface area contributed by atoms with Gasteiger partial charge < -0.3 is 9.84 Å². The van der Waals surface area contributed by atoms with E-state index in [1.165, 1.54) is 6.42 Å². The largest absolute Gasteiger partial charge is 0.385 e. The molecule has 3 nitrogen and oxygen atoms in total. The molecular weight excluding hydrogens is 274 g/mol. The van der Waals surface area contributed by atoms with Crippen molar-refractivity contribution in [1.82, 2.24) is 4.90 Å². The van der Waals surface area contributed by atoms with Crippen LogP contribution in [0.15, 0.2) is 24.3 Å². The van der Waals surface area contributed by atoms with Crippen molar-refractivity contribution >= 4 is 11.6 Å². The summed E-state index contributed by atoms with van der Waals surface area (Å²) in [6, 6.07) is 8.15. The van der Waals surface area contributed by atoms with E-state index >= 15 is 0 Å². The standard InChI is InChI=1S/C16H22ClNO2/c17-14-5-3-13(4-6-14)16(19)7-9-18(10-8-16)15-2-1-11-20-12-15/h3-6,15,19H,1-2,7-12H2/t15-/m0/s1. The van der Waals surface area contributed by atoms with Crippen LogP contribution in [0.5, 0.6) is 0 Å². The van der Waals surface area contributed by atoms with Gasteiger partial charge in [-0.25, -0.2) is 0 Å². The zero-order valence-corrected chi connectivity index (χ0v) is 12.5. The van der Waals surface area contributed by atoms with Gasteiger partial charge in [0.05, 0.1) is 12.2 Å². The van der Waals surface area contributed by atoms with E-state index in [0.29, 0.717) is 11.1 Å². The Bertz CT molecular complexity index is 434.